The molecule has 150 valence electrons. The van der Waals surface area contributed by atoms with Crippen molar-refractivity contribution in [1.82, 2.24) is 15.0 Å². The van der Waals surface area contributed by atoms with Crippen LogP contribution >= 0.6 is 0 Å². The maximum absolute atomic E-state index is 11.7. The normalized spacial score (nSPS) is 11.2. The molecular formula is C21H18N6O2S. The Bertz CT molecular complexity index is 1350. The lowest BCUT2D eigenvalue weighted by Gasteiger charge is -2.11. The number of H-pyrrole nitrogens is 1. The molecule has 0 aliphatic carbocycles. The molecule has 0 bridgehead atoms. The fraction of sp³-hybridized carbons (Fsp3) is 0.0952. The van der Waals surface area contributed by atoms with Crippen molar-refractivity contribution >= 4 is 38.2 Å². The molecular weight excluding hydrogens is 400 g/mol. The van der Waals surface area contributed by atoms with Crippen LogP contribution in [0.2, 0.25) is 0 Å². The standard InChI is InChI=1S/C21H18N6O2S/c1-30(28,29)27-20-13-16(12-19-17(20)7-10-23-19)25-21-24-11-8-18(26-21)15-4-2-14(3-5-15)6-9-22/h2-5,7-8,10-13,23,27H,6H2,1H3,(H,24,25,26). The maximum Gasteiger partial charge on any atom is 0.229 e. The van der Waals surface area contributed by atoms with Gasteiger partial charge >= 0.3 is 0 Å². The summed E-state index contributed by atoms with van der Waals surface area (Å²) < 4.78 is 26.0. The van der Waals surface area contributed by atoms with E-state index in [1.54, 1.807) is 30.6 Å². The molecule has 0 fully saturated rings. The monoisotopic (exact) mass is 418 g/mol. The molecule has 9 heteroatoms. The van der Waals surface area contributed by atoms with Crippen molar-refractivity contribution < 1.29 is 8.42 Å². The topological polar surface area (TPSA) is 124 Å². The number of fused-ring (bicyclic) bond motifs is 1. The molecule has 0 saturated heterocycles. The quantitative estimate of drug-likeness (QED) is 0.437. The second kappa shape index (κ2) is 7.85. The Labute approximate surface area is 173 Å². The van der Waals surface area contributed by atoms with Crippen LogP contribution in [-0.2, 0) is 16.4 Å². The largest absolute Gasteiger partial charge is 0.361 e. The fourth-order valence-corrected chi connectivity index (χ4v) is 3.69. The third kappa shape index (κ3) is 4.39. The highest BCUT2D eigenvalue weighted by Crippen LogP contribution is 2.29. The number of aromatic amines is 1. The summed E-state index contributed by atoms with van der Waals surface area (Å²) in [5, 5.41) is 12.7. The molecule has 3 N–H and O–H groups in total. The van der Waals surface area contributed by atoms with Gasteiger partial charge in [-0.15, -0.1) is 0 Å². The summed E-state index contributed by atoms with van der Waals surface area (Å²) in [6, 6.07) is 16.9. The van der Waals surface area contributed by atoms with Gasteiger partial charge in [0.1, 0.15) is 0 Å². The molecule has 0 saturated carbocycles. The second-order valence-electron chi connectivity index (χ2n) is 6.76. The number of hydrogen-bond donors (Lipinski definition) is 3. The van der Waals surface area contributed by atoms with Crippen molar-refractivity contribution in [1.29, 1.82) is 5.26 Å². The molecule has 4 aromatic rings. The van der Waals surface area contributed by atoms with E-state index >= 15 is 0 Å². The van der Waals surface area contributed by atoms with Gasteiger partial charge in [0.25, 0.3) is 0 Å². The summed E-state index contributed by atoms with van der Waals surface area (Å²) in [5.74, 6) is 0.379. The van der Waals surface area contributed by atoms with Gasteiger partial charge in [-0.25, -0.2) is 18.4 Å². The number of sulfonamides is 1. The van der Waals surface area contributed by atoms with Gasteiger partial charge in [-0.3, -0.25) is 4.72 Å². The van der Waals surface area contributed by atoms with E-state index in [2.05, 4.69) is 31.1 Å². The number of nitrogens with zero attached hydrogens (tertiary/aromatic N) is 3. The number of hydrogen-bond acceptors (Lipinski definition) is 6. The highest BCUT2D eigenvalue weighted by atomic mass is 32.2. The highest BCUT2D eigenvalue weighted by Gasteiger charge is 2.11. The first kappa shape index (κ1) is 19.4. The number of rotatable bonds is 6. The molecule has 0 radical (unpaired) electrons. The van der Waals surface area contributed by atoms with Gasteiger partial charge in [0, 0.05) is 34.5 Å². The first-order valence-electron chi connectivity index (χ1n) is 9.06. The smallest absolute Gasteiger partial charge is 0.229 e. The predicted octanol–water partition coefficient (Wildman–Crippen LogP) is 3.81. The van der Waals surface area contributed by atoms with Gasteiger partial charge in [-0.05, 0) is 29.8 Å². The Morgan fingerprint density at radius 2 is 1.93 bits per heavy atom. The van der Waals surface area contributed by atoms with E-state index in [1.807, 2.05) is 30.3 Å². The summed E-state index contributed by atoms with van der Waals surface area (Å²) in [7, 11) is -3.43. The zero-order valence-electron chi connectivity index (χ0n) is 16.0. The van der Waals surface area contributed by atoms with Crippen molar-refractivity contribution in [2.45, 2.75) is 6.42 Å². The minimum atomic E-state index is -3.43. The summed E-state index contributed by atoms with van der Waals surface area (Å²) in [5.41, 5.74) is 4.45. The van der Waals surface area contributed by atoms with Crippen molar-refractivity contribution in [2.75, 3.05) is 16.3 Å². The van der Waals surface area contributed by atoms with Crippen LogP contribution in [0, 0.1) is 11.3 Å². The van der Waals surface area contributed by atoms with Crippen molar-refractivity contribution in [2.24, 2.45) is 0 Å². The Morgan fingerprint density at radius 1 is 1.13 bits per heavy atom. The lowest BCUT2D eigenvalue weighted by molar-refractivity contribution is 0.607. The minimum absolute atomic E-state index is 0.363. The Balaban J connectivity index is 1.64. The SMILES string of the molecule is CS(=O)(=O)Nc1cc(Nc2nccc(-c3ccc(CC#N)cc3)n2)cc2[nH]ccc12. The number of nitrogens with one attached hydrogen (secondary N) is 3. The average molecular weight is 418 g/mol. The van der Waals surface area contributed by atoms with Gasteiger partial charge in [-0.1, -0.05) is 24.3 Å². The number of aromatic nitrogens is 3. The van der Waals surface area contributed by atoms with Crippen molar-refractivity contribution in [3.8, 4) is 17.3 Å². The van der Waals surface area contributed by atoms with Crippen LogP contribution in [0.5, 0.6) is 0 Å². The van der Waals surface area contributed by atoms with E-state index in [0.29, 0.717) is 23.7 Å². The number of anilines is 3. The Morgan fingerprint density at radius 3 is 2.67 bits per heavy atom. The lowest BCUT2D eigenvalue weighted by Crippen LogP contribution is -2.10. The Hall–Kier alpha value is -3.90. The van der Waals surface area contributed by atoms with Crippen LogP contribution in [0.4, 0.5) is 17.3 Å². The molecule has 0 atom stereocenters. The molecule has 0 aliphatic rings. The van der Waals surface area contributed by atoms with Crippen LogP contribution in [0.1, 0.15) is 5.56 Å². The summed E-state index contributed by atoms with van der Waals surface area (Å²) >= 11 is 0. The molecule has 2 aromatic carbocycles. The van der Waals surface area contributed by atoms with Gasteiger partial charge < -0.3 is 10.3 Å². The van der Waals surface area contributed by atoms with E-state index in [9.17, 15) is 8.42 Å². The van der Waals surface area contributed by atoms with Gasteiger partial charge in [-0.2, -0.15) is 5.26 Å². The van der Waals surface area contributed by atoms with Gasteiger partial charge in [0.2, 0.25) is 16.0 Å². The molecule has 0 unspecified atom stereocenters. The zero-order valence-corrected chi connectivity index (χ0v) is 16.9. The van der Waals surface area contributed by atoms with E-state index < -0.39 is 10.0 Å². The summed E-state index contributed by atoms with van der Waals surface area (Å²) in [6.45, 7) is 0. The Kier molecular flexibility index (Phi) is 5.08. The van der Waals surface area contributed by atoms with Gasteiger partial charge in [0.15, 0.2) is 0 Å². The van der Waals surface area contributed by atoms with Crippen molar-refractivity contribution in [3.05, 3.63) is 66.5 Å². The average Bonchev–Trinajstić information content (AvgIpc) is 3.17. The van der Waals surface area contributed by atoms with Gasteiger partial charge in [0.05, 0.1) is 30.1 Å². The molecule has 8 nitrogen and oxygen atoms in total. The number of nitriles is 1. The molecule has 0 amide bonds. The zero-order chi connectivity index (χ0) is 21.1. The summed E-state index contributed by atoms with van der Waals surface area (Å²) in [6.07, 6.45) is 4.87. The van der Waals surface area contributed by atoms with Crippen LogP contribution in [0.15, 0.2) is 60.9 Å². The van der Waals surface area contributed by atoms with E-state index in [-0.39, 0.29) is 0 Å². The molecule has 2 heterocycles. The lowest BCUT2D eigenvalue weighted by atomic mass is 10.1. The third-order valence-electron chi connectivity index (χ3n) is 4.41. The summed E-state index contributed by atoms with van der Waals surface area (Å²) in [4.78, 5) is 11.9. The van der Waals surface area contributed by atoms with Crippen LogP contribution in [0.25, 0.3) is 22.2 Å². The van der Waals surface area contributed by atoms with Crippen molar-refractivity contribution in [3.63, 3.8) is 0 Å². The van der Waals surface area contributed by atoms with Crippen LogP contribution in [-0.4, -0.2) is 29.6 Å². The highest BCUT2D eigenvalue weighted by molar-refractivity contribution is 7.92. The van der Waals surface area contributed by atoms with E-state index in [4.69, 9.17) is 5.26 Å². The molecule has 2 aromatic heterocycles. The van der Waals surface area contributed by atoms with E-state index in [1.165, 1.54) is 0 Å². The maximum atomic E-state index is 11.7. The second-order valence-corrected chi connectivity index (χ2v) is 8.51. The number of benzene rings is 2. The third-order valence-corrected chi connectivity index (χ3v) is 5.00. The first-order chi connectivity index (χ1) is 14.4. The van der Waals surface area contributed by atoms with Crippen LogP contribution in [0.3, 0.4) is 0 Å². The van der Waals surface area contributed by atoms with Crippen LogP contribution < -0.4 is 10.0 Å². The molecule has 0 spiro atoms. The minimum Gasteiger partial charge on any atom is -0.361 e. The van der Waals surface area contributed by atoms with E-state index in [0.717, 1.165) is 34.0 Å². The molecule has 0 aliphatic heterocycles. The first-order valence-corrected chi connectivity index (χ1v) is 11.0. The predicted molar refractivity (Wildman–Crippen MR) is 117 cm³/mol. The fourth-order valence-electron chi connectivity index (χ4n) is 3.12. The molecule has 30 heavy (non-hydrogen) atoms. The molecule has 4 rings (SSSR count).